The highest BCUT2D eigenvalue weighted by Gasteiger charge is 2.29. The number of nitrogens with zero attached hydrogens (tertiary/aromatic N) is 4. The van der Waals surface area contributed by atoms with E-state index in [4.69, 9.17) is 9.47 Å². The number of ether oxygens (including phenoxy) is 2. The van der Waals surface area contributed by atoms with Crippen LogP contribution in [0, 0.1) is 11.6 Å². The number of hydrogen-bond donors (Lipinski definition) is 0. The molecule has 0 unspecified atom stereocenters. The van der Waals surface area contributed by atoms with Crippen molar-refractivity contribution < 1.29 is 27.8 Å². The van der Waals surface area contributed by atoms with Gasteiger partial charge < -0.3 is 19.3 Å². The number of aryl methyl sites for hydroxylation is 1. The molecule has 5 rings (SSSR count). The monoisotopic (exact) mass is 482 g/mol. The number of aromatic nitrogens is 2. The molecular formula is C25H24F2N4O4. The molecule has 1 fully saturated rings. The fourth-order valence-electron chi connectivity index (χ4n) is 4.26. The van der Waals surface area contributed by atoms with Crippen molar-refractivity contribution in [3.8, 4) is 22.8 Å². The predicted octanol–water partition coefficient (Wildman–Crippen LogP) is 3.12. The molecule has 2 aromatic carbocycles. The zero-order valence-corrected chi connectivity index (χ0v) is 19.2. The number of halogens is 2. The molecule has 0 spiro atoms. The fraction of sp³-hybridized carbons (Fsp3) is 0.320. The van der Waals surface area contributed by atoms with Crippen molar-refractivity contribution >= 4 is 11.8 Å². The first-order valence-corrected chi connectivity index (χ1v) is 11.4. The lowest BCUT2D eigenvalue weighted by Gasteiger charge is -2.34. The molecule has 3 aromatic rings. The van der Waals surface area contributed by atoms with Crippen molar-refractivity contribution in [3.05, 3.63) is 65.4 Å². The van der Waals surface area contributed by atoms with Crippen molar-refractivity contribution in [2.24, 2.45) is 7.05 Å². The number of fused-ring (bicyclic) bond motifs is 1. The number of carbonyl (C=O) groups is 2. The molecule has 8 nitrogen and oxygen atoms in total. The van der Waals surface area contributed by atoms with Crippen LogP contribution in [-0.4, -0.2) is 70.8 Å². The summed E-state index contributed by atoms with van der Waals surface area (Å²) in [5, 5.41) is 4.51. The smallest absolute Gasteiger partial charge is 0.257 e. The fourth-order valence-corrected chi connectivity index (χ4v) is 4.26. The highest BCUT2D eigenvalue weighted by atomic mass is 19.2. The molecule has 0 N–H and O–H groups in total. The third-order valence-electron chi connectivity index (χ3n) is 6.10. The Morgan fingerprint density at radius 2 is 1.54 bits per heavy atom. The summed E-state index contributed by atoms with van der Waals surface area (Å²) in [4.78, 5) is 29.3. The van der Waals surface area contributed by atoms with Gasteiger partial charge in [-0.05, 0) is 36.4 Å². The van der Waals surface area contributed by atoms with Gasteiger partial charge >= 0.3 is 0 Å². The second-order valence-corrected chi connectivity index (χ2v) is 8.49. The van der Waals surface area contributed by atoms with Gasteiger partial charge in [0, 0.05) is 57.0 Å². The highest BCUT2D eigenvalue weighted by molar-refractivity contribution is 6.00. The van der Waals surface area contributed by atoms with Gasteiger partial charge in [0.1, 0.15) is 5.69 Å². The van der Waals surface area contributed by atoms with Crippen molar-refractivity contribution in [1.29, 1.82) is 0 Å². The van der Waals surface area contributed by atoms with Crippen molar-refractivity contribution in [2.45, 2.75) is 6.42 Å². The van der Waals surface area contributed by atoms with Gasteiger partial charge in [-0.15, -0.1) is 0 Å². The SMILES string of the molecule is Cn1cc(C(=O)N2CCN(C(=O)c3ccc(F)c(F)c3)CC2)c(-c2ccc3c(c2)OCCCO3)n1. The summed E-state index contributed by atoms with van der Waals surface area (Å²) in [6.07, 6.45) is 2.47. The molecule has 1 aromatic heterocycles. The minimum Gasteiger partial charge on any atom is -0.490 e. The van der Waals surface area contributed by atoms with Gasteiger partial charge in [0.25, 0.3) is 11.8 Å². The van der Waals surface area contributed by atoms with Crippen molar-refractivity contribution in [1.82, 2.24) is 19.6 Å². The zero-order chi connectivity index (χ0) is 24.5. The van der Waals surface area contributed by atoms with Crippen LogP contribution in [0.1, 0.15) is 27.1 Å². The number of amides is 2. The number of benzene rings is 2. The maximum absolute atomic E-state index is 13.5. The van der Waals surface area contributed by atoms with E-state index in [-0.39, 0.29) is 24.6 Å². The Morgan fingerprint density at radius 3 is 2.26 bits per heavy atom. The van der Waals surface area contributed by atoms with E-state index in [1.165, 1.54) is 11.0 Å². The standard InChI is InChI=1S/C25H24F2N4O4/c1-29-15-18(23(28-29)16-4-6-21-22(14-16)35-12-2-11-34-21)25(33)31-9-7-30(8-10-31)24(32)17-3-5-19(26)20(27)13-17/h3-6,13-15H,2,7-12H2,1H3. The molecule has 3 heterocycles. The largest absolute Gasteiger partial charge is 0.490 e. The van der Waals surface area contributed by atoms with Crippen LogP contribution in [0.4, 0.5) is 8.78 Å². The second-order valence-electron chi connectivity index (χ2n) is 8.49. The van der Waals surface area contributed by atoms with E-state index < -0.39 is 17.5 Å². The lowest BCUT2D eigenvalue weighted by atomic mass is 10.1. The van der Waals surface area contributed by atoms with Crippen LogP contribution in [-0.2, 0) is 7.05 Å². The lowest BCUT2D eigenvalue weighted by molar-refractivity contribution is 0.0535. The number of rotatable bonds is 3. The van der Waals surface area contributed by atoms with E-state index >= 15 is 0 Å². The molecule has 0 bridgehead atoms. The van der Waals surface area contributed by atoms with E-state index in [1.807, 2.05) is 18.2 Å². The van der Waals surface area contributed by atoms with E-state index in [1.54, 1.807) is 22.8 Å². The Kier molecular flexibility index (Phi) is 6.10. The molecule has 1 saturated heterocycles. The summed E-state index contributed by atoms with van der Waals surface area (Å²) in [5.41, 5.74) is 1.80. The van der Waals surface area contributed by atoms with Gasteiger partial charge in [-0.2, -0.15) is 5.10 Å². The van der Waals surface area contributed by atoms with Gasteiger partial charge in [-0.1, -0.05) is 0 Å². The second kappa shape index (κ2) is 9.36. The average molecular weight is 482 g/mol. The van der Waals surface area contributed by atoms with E-state index in [0.29, 0.717) is 49.1 Å². The van der Waals surface area contributed by atoms with Crippen molar-refractivity contribution in [3.63, 3.8) is 0 Å². The first-order valence-electron chi connectivity index (χ1n) is 11.4. The van der Waals surface area contributed by atoms with Gasteiger partial charge in [0.2, 0.25) is 0 Å². The molecule has 182 valence electrons. The summed E-state index contributed by atoms with van der Waals surface area (Å²) >= 11 is 0. The maximum Gasteiger partial charge on any atom is 0.257 e. The topological polar surface area (TPSA) is 76.9 Å². The minimum absolute atomic E-state index is 0.0765. The minimum atomic E-state index is -1.07. The molecule has 0 aliphatic carbocycles. The van der Waals surface area contributed by atoms with Crippen LogP contribution >= 0.6 is 0 Å². The van der Waals surface area contributed by atoms with E-state index in [0.717, 1.165) is 24.1 Å². The highest BCUT2D eigenvalue weighted by Crippen LogP contribution is 2.35. The van der Waals surface area contributed by atoms with Gasteiger partial charge in [-0.25, -0.2) is 8.78 Å². The van der Waals surface area contributed by atoms with Gasteiger partial charge in [0.05, 0.1) is 18.8 Å². The van der Waals surface area contributed by atoms with Crippen LogP contribution in [0.3, 0.4) is 0 Å². The normalized spacial score (nSPS) is 15.6. The summed E-state index contributed by atoms with van der Waals surface area (Å²) in [6.45, 7) is 2.32. The number of piperazine rings is 1. The third-order valence-corrected chi connectivity index (χ3v) is 6.10. The lowest BCUT2D eigenvalue weighted by Crippen LogP contribution is -2.50. The quantitative estimate of drug-likeness (QED) is 0.574. The van der Waals surface area contributed by atoms with Crippen LogP contribution in [0.25, 0.3) is 11.3 Å². The molecule has 0 saturated carbocycles. The summed E-state index contributed by atoms with van der Waals surface area (Å²) < 4.78 is 39.8. The molecule has 2 aliphatic rings. The molecule has 10 heteroatoms. The van der Waals surface area contributed by atoms with Crippen LogP contribution < -0.4 is 9.47 Å². The van der Waals surface area contributed by atoms with Gasteiger partial charge in [-0.3, -0.25) is 14.3 Å². The van der Waals surface area contributed by atoms with Crippen LogP contribution in [0.15, 0.2) is 42.6 Å². The molecule has 2 aliphatic heterocycles. The molecule has 35 heavy (non-hydrogen) atoms. The maximum atomic E-state index is 13.5. The van der Waals surface area contributed by atoms with Gasteiger partial charge in [0.15, 0.2) is 23.1 Å². The van der Waals surface area contributed by atoms with Crippen molar-refractivity contribution in [2.75, 3.05) is 39.4 Å². The first kappa shape index (κ1) is 22.8. The molecular weight excluding hydrogens is 458 g/mol. The Labute approximate surface area is 200 Å². The van der Waals surface area contributed by atoms with E-state index in [2.05, 4.69) is 5.10 Å². The Hall–Kier alpha value is -3.95. The first-order chi connectivity index (χ1) is 16.9. The Bertz CT molecular complexity index is 1280. The summed E-state index contributed by atoms with van der Waals surface area (Å²) in [6, 6.07) is 8.60. The Balaban J connectivity index is 1.31. The third kappa shape index (κ3) is 4.55. The Morgan fingerprint density at radius 1 is 0.857 bits per heavy atom. The molecule has 0 atom stereocenters. The average Bonchev–Trinajstić information content (AvgIpc) is 3.11. The zero-order valence-electron chi connectivity index (χ0n) is 19.2. The predicted molar refractivity (Wildman–Crippen MR) is 122 cm³/mol. The van der Waals surface area contributed by atoms with E-state index in [9.17, 15) is 18.4 Å². The summed E-state index contributed by atoms with van der Waals surface area (Å²) in [5.74, 6) is -1.38. The number of carbonyl (C=O) groups excluding carboxylic acids is 2. The molecule has 0 radical (unpaired) electrons. The molecule has 2 amide bonds. The van der Waals surface area contributed by atoms with Crippen LogP contribution in [0.5, 0.6) is 11.5 Å². The van der Waals surface area contributed by atoms with Crippen LogP contribution in [0.2, 0.25) is 0 Å². The number of hydrogen-bond acceptors (Lipinski definition) is 5. The summed E-state index contributed by atoms with van der Waals surface area (Å²) in [7, 11) is 1.75.